The molecule has 1 aromatic rings. The minimum Gasteiger partial charge on any atom is -0.382 e. The maximum Gasteiger partial charge on any atom is 0.416 e. The first kappa shape index (κ1) is 15.0. The standard InChI is InChI=1S/C16H19ClF3N/c17-13-7-12(16(18,19)20)8-15(9-13)21-14-3-1-2-11(6-14)10-4-5-10/h7-11,14,21H,1-6H2. The van der Waals surface area contributed by atoms with E-state index in [9.17, 15) is 13.2 Å². The molecule has 0 amide bonds. The van der Waals surface area contributed by atoms with Crippen molar-refractivity contribution >= 4 is 17.3 Å². The fraction of sp³-hybridized carbons (Fsp3) is 0.625. The molecule has 0 aromatic heterocycles. The summed E-state index contributed by atoms with van der Waals surface area (Å²) in [5, 5.41) is 3.39. The summed E-state index contributed by atoms with van der Waals surface area (Å²) in [6.07, 6.45) is 2.82. The second kappa shape index (κ2) is 5.71. The Labute approximate surface area is 127 Å². The summed E-state index contributed by atoms with van der Waals surface area (Å²) in [7, 11) is 0. The van der Waals surface area contributed by atoms with Crippen molar-refractivity contribution in [1.82, 2.24) is 0 Å². The summed E-state index contributed by atoms with van der Waals surface area (Å²) in [6, 6.07) is 3.98. The van der Waals surface area contributed by atoms with E-state index >= 15 is 0 Å². The van der Waals surface area contributed by atoms with Crippen LogP contribution in [0.1, 0.15) is 44.1 Å². The zero-order valence-electron chi connectivity index (χ0n) is 11.7. The van der Waals surface area contributed by atoms with Crippen LogP contribution in [0.25, 0.3) is 0 Å². The van der Waals surface area contributed by atoms with Crippen molar-refractivity contribution < 1.29 is 13.2 Å². The van der Waals surface area contributed by atoms with Crippen LogP contribution < -0.4 is 5.32 Å². The van der Waals surface area contributed by atoms with E-state index in [1.807, 2.05) is 0 Å². The van der Waals surface area contributed by atoms with Gasteiger partial charge in [0, 0.05) is 16.8 Å². The second-order valence-corrected chi connectivity index (χ2v) is 6.77. The lowest BCUT2D eigenvalue weighted by Crippen LogP contribution is -2.28. The Hall–Kier alpha value is -0.900. The van der Waals surface area contributed by atoms with Crippen LogP contribution in [0.3, 0.4) is 0 Å². The van der Waals surface area contributed by atoms with E-state index in [0.717, 1.165) is 43.2 Å². The fourth-order valence-corrected chi connectivity index (χ4v) is 3.66. The molecule has 0 saturated heterocycles. The number of rotatable bonds is 3. The molecule has 2 fully saturated rings. The van der Waals surface area contributed by atoms with E-state index in [1.165, 1.54) is 19.3 Å². The van der Waals surface area contributed by atoms with E-state index in [-0.39, 0.29) is 11.1 Å². The van der Waals surface area contributed by atoms with Crippen LogP contribution in [0.15, 0.2) is 18.2 Å². The highest BCUT2D eigenvalue weighted by Gasteiger charge is 2.35. The lowest BCUT2D eigenvalue weighted by Gasteiger charge is -2.30. The summed E-state index contributed by atoms with van der Waals surface area (Å²) in [5.41, 5.74) is -0.205. The van der Waals surface area contributed by atoms with Gasteiger partial charge in [0.05, 0.1) is 5.56 Å². The molecule has 2 aliphatic rings. The van der Waals surface area contributed by atoms with Crippen molar-refractivity contribution in [1.29, 1.82) is 0 Å². The van der Waals surface area contributed by atoms with Gasteiger partial charge in [0.25, 0.3) is 0 Å². The summed E-state index contributed by atoms with van der Waals surface area (Å²) in [5.74, 6) is 1.61. The largest absolute Gasteiger partial charge is 0.416 e. The van der Waals surface area contributed by atoms with Crippen LogP contribution in [-0.2, 0) is 6.18 Å². The highest BCUT2D eigenvalue weighted by Crippen LogP contribution is 2.44. The van der Waals surface area contributed by atoms with Crippen molar-refractivity contribution in [3.05, 3.63) is 28.8 Å². The van der Waals surface area contributed by atoms with Gasteiger partial charge >= 0.3 is 6.18 Å². The first-order valence-electron chi connectivity index (χ1n) is 7.56. The number of halogens is 4. The minimum absolute atomic E-state index is 0.127. The predicted molar refractivity (Wildman–Crippen MR) is 78.5 cm³/mol. The Kier molecular flexibility index (Phi) is 4.08. The molecule has 1 nitrogen and oxygen atoms in total. The Morgan fingerprint density at radius 1 is 1.00 bits per heavy atom. The van der Waals surface area contributed by atoms with Crippen molar-refractivity contribution in [2.75, 3.05) is 5.32 Å². The van der Waals surface area contributed by atoms with Crippen LogP contribution in [0, 0.1) is 11.8 Å². The molecule has 0 spiro atoms. The molecule has 2 unspecified atom stereocenters. The molecule has 1 aromatic carbocycles. The maximum absolute atomic E-state index is 12.8. The normalized spacial score (nSPS) is 26.7. The lowest BCUT2D eigenvalue weighted by molar-refractivity contribution is -0.137. The number of hydrogen-bond donors (Lipinski definition) is 1. The summed E-state index contributed by atoms with van der Waals surface area (Å²) in [4.78, 5) is 0. The van der Waals surface area contributed by atoms with E-state index in [1.54, 1.807) is 6.07 Å². The highest BCUT2D eigenvalue weighted by atomic mass is 35.5. The molecule has 5 heteroatoms. The smallest absolute Gasteiger partial charge is 0.382 e. The molecular weight excluding hydrogens is 299 g/mol. The van der Waals surface area contributed by atoms with Crippen LogP contribution in [0.4, 0.5) is 18.9 Å². The van der Waals surface area contributed by atoms with Gasteiger partial charge in [-0.25, -0.2) is 0 Å². The molecule has 1 N–H and O–H groups in total. The van der Waals surface area contributed by atoms with E-state index < -0.39 is 11.7 Å². The average molecular weight is 318 g/mol. The molecule has 0 aliphatic heterocycles. The predicted octanol–water partition coefficient (Wildman–Crippen LogP) is 5.74. The lowest BCUT2D eigenvalue weighted by atomic mass is 9.82. The summed E-state index contributed by atoms with van der Waals surface area (Å²) in [6.45, 7) is 0. The van der Waals surface area contributed by atoms with Crippen LogP contribution in [0.2, 0.25) is 5.02 Å². The number of alkyl halides is 3. The van der Waals surface area contributed by atoms with Gasteiger partial charge in [0.2, 0.25) is 0 Å². The number of hydrogen-bond acceptors (Lipinski definition) is 1. The second-order valence-electron chi connectivity index (χ2n) is 6.33. The number of benzene rings is 1. The van der Waals surface area contributed by atoms with Crippen LogP contribution >= 0.6 is 11.6 Å². The first-order chi connectivity index (χ1) is 9.91. The Morgan fingerprint density at radius 2 is 1.76 bits per heavy atom. The van der Waals surface area contributed by atoms with E-state index in [4.69, 9.17) is 11.6 Å². The molecule has 3 rings (SSSR count). The van der Waals surface area contributed by atoms with Gasteiger partial charge in [0.15, 0.2) is 0 Å². The number of anilines is 1. The van der Waals surface area contributed by atoms with Gasteiger partial charge in [-0.15, -0.1) is 0 Å². The van der Waals surface area contributed by atoms with Gasteiger partial charge in [-0.1, -0.05) is 24.4 Å². The monoisotopic (exact) mass is 317 g/mol. The van der Waals surface area contributed by atoms with Crippen molar-refractivity contribution in [2.24, 2.45) is 11.8 Å². The number of nitrogens with one attached hydrogen (secondary N) is 1. The third-order valence-corrected chi connectivity index (χ3v) is 4.82. The topological polar surface area (TPSA) is 12.0 Å². The van der Waals surface area contributed by atoms with Crippen LogP contribution in [0.5, 0.6) is 0 Å². The third-order valence-electron chi connectivity index (χ3n) is 4.60. The molecule has 0 radical (unpaired) electrons. The molecule has 21 heavy (non-hydrogen) atoms. The van der Waals surface area contributed by atoms with Gasteiger partial charge in [0.1, 0.15) is 0 Å². The maximum atomic E-state index is 12.8. The molecular formula is C16H19ClF3N. The SMILES string of the molecule is FC(F)(F)c1cc(Cl)cc(NC2CCCC(C3CC3)C2)c1. The Morgan fingerprint density at radius 3 is 2.43 bits per heavy atom. The average Bonchev–Trinajstić information content (AvgIpc) is 3.21. The Bertz CT molecular complexity index is 511. The summed E-state index contributed by atoms with van der Waals surface area (Å²) < 4.78 is 38.4. The Balaban J connectivity index is 1.70. The quantitative estimate of drug-likeness (QED) is 0.749. The molecule has 0 bridgehead atoms. The first-order valence-corrected chi connectivity index (χ1v) is 7.94. The highest BCUT2D eigenvalue weighted by molar-refractivity contribution is 6.30. The molecule has 116 valence electrons. The van der Waals surface area contributed by atoms with Gasteiger partial charge in [-0.3, -0.25) is 0 Å². The van der Waals surface area contributed by atoms with Gasteiger partial charge in [-0.05, 0) is 55.7 Å². The van der Waals surface area contributed by atoms with Gasteiger partial charge < -0.3 is 5.32 Å². The van der Waals surface area contributed by atoms with Crippen molar-refractivity contribution in [3.63, 3.8) is 0 Å². The minimum atomic E-state index is -4.36. The molecule has 2 saturated carbocycles. The fourth-order valence-electron chi connectivity index (χ4n) is 3.43. The van der Waals surface area contributed by atoms with E-state index in [2.05, 4.69) is 5.32 Å². The zero-order valence-corrected chi connectivity index (χ0v) is 12.5. The van der Waals surface area contributed by atoms with Gasteiger partial charge in [-0.2, -0.15) is 13.2 Å². The summed E-state index contributed by atoms with van der Waals surface area (Å²) >= 11 is 5.82. The van der Waals surface area contributed by atoms with Crippen molar-refractivity contribution in [2.45, 2.75) is 50.7 Å². The van der Waals surface area contributed by atoms with E-state index in [0.29, 0.717) is 5.69 Å². The van der Waals surface area contributed by atoms with Crippen molar-refractivity contribution in [3.8, 4) is 0 Å². The van der Waals surface area contributed by atoms with Crippen LogP contribution in [-0.4, -0.2) is 6.04 Å². The molecule has 2 atom stereocenters. The molecule has 0 heterocycles. The zero-order chi connectivity index (χ0) is 15.0. The molecule has 2 aliphatic carbocycles. The third kappa shape index (κ3) is 3.85.